The number of rotatable bonds is 6. The lowest BCUT2D eigenvalue weighted by atomic mass is 10.00. The molecule has 0 unspecified atom stereocenters. The van der Waals surface area contributed by atoms with Gasteiger partial charge in [0.25, 0.3) is 0 Å². The summed E-state index contributed by atoms with van der Waals surface area (Å²) in [6, 6.07) is 18.7. The van der Waals surface area contributed by atoms with E-state index in [1.165, 1.54) is 11.1 Å². The van der Waals surface area contributed by atoms with Crippen LogP contribution in [0.2, 0.25) is 0 Å². The average Bonchev–Trinajstić information content (AvgIpc) is 2.75. The van der Waals surface area contributed by atoms with Gasteiger partial charge in [-0.25, -0.2) is 8.78 Å². The maximum Gasteiger partial charge on any atom is 0.175 e. The second-order valence-corrected chi connectivity index (χ2v) is 7.29. The summed E-state index contributed by atoms with van der Waals surface area (Å²) < 4.78 is 29.2. The Hall–Kier alpha value is -2.92. The molecule has 0 saturated heterocycles. The third-order valence-electron chi connectivity index (χ3n) is 5.00. The fourth-order valence-corrected chi connectivity index (χ4v) is 3.28. The monoisotopic (exact) mass is 388 g/mol. The zero-order valence-corrected chi connectivity index (χ0v) is 17.1. The van der Waals surface area contributed by atoms with Crippen molar-refractivity contribution in [3.63, 3.8) is 0 Å². The number of unbranched alkanes of at least 4 members (excludes halogenated alkanes) is 1. The van der Waals surface area contributed by atoms with Crippen LogP contribution in [-0.4, -0.2) is 0 Å². The molecule has 0 nitrogen and oxygen atoms in total. The first-order valence-corrected chi connectivity index (χ1v) is 10.3. The van der Waals surface area contributed by atoms with Crippen molar-refractivity contribution in [1.29, 1.82) is 0 Å². The molecule has 0 aliphatic carbocycles. The van der Waals surface area contributed by atoms with Crippen LogP contribution >= 0.6 is 0 Å². The molecule has 3 aromatic carbocycles. The third-order valence-corrected chi connectivity index (χ3v) is 5.00. The summed E-state index contributed by atoms with van der Waals surface area (Å²) in [5, 5.41) is 0. The van der Waals surface area contributed by atoms with Gasteiger partial charge in [0.2, 0.25) is 0 Å². The van der Waals surface area contributed by atoms with E-state index in [1.807, 2.05) is 48.5 Å². The van der Waals surface area contributed by atoms with Crippen LogP contribution in [0.1, 0.15) is 55.4 Å². The molecule has 0 aromatic heterocycles. The lowest BCUT2D eigenvalue weighted by Gasteiger charge is -2.07. The Morgan fingerprint density at radius 2 is 1.31 bits per heavy atom. The van der Waals surface area contributed by atoms with Crippen molar-refractivity contribution < 1.29 is 8.78 Å². The number of aryl methyl sites for hydroxylation is 2. The molecule has 0 spiro atoms. The summed E-state index contributed by atoms with van der Waals surface area (Å²) in [7, 11) is 0. The Labute approximate surface area is 172 Å². The average molecular weight is 389 g/mol. The van der Waals surface area contributed by atoms with Crippen molar-refractivity contribution in [3.05, 3.63) is 94.6 Å². The molecule has 3 aromatic rings. The lowest BCUT2D eigenvalue weighted by Crippen LogP contribution is -1.94. The van der Waals surface area contributed by atoms with Gasteiger partial charge in [-0.1, -0.05) is 74.9 Å². The molecule has 0 heterocycles. The predicted molar refractivity (Wildman–Crippen MR) is 117 cm³/mol. The number of hydrogen-bond acceptors (Lipinski definition) is 0. The smallest absolute Gasteiger partial charge is 0.175 e. The largest absolute Gasteiger partial charge is 0.203 e. The molecule has 3 rings (SSSR count). The molecule has 0 radical (unpaired) electrons. The molecule has 0 atom stereocenters. The Morgan fingerprint density at radius 1 is 0.655 bits per heavy atom. The third kappa shape index (κ3) is 5.33. The molecule has 0 aliphatic rings. The molecular formula is C27H26F2. The van der Waals surface area contributed by atoms with Gasteiger partial charge in [-0.2, -0.15) is 0 Å². The van der Waals surface area contributed by atoms with Gasteiger partial charge in [-0.15, -0.1) is 0 Å². The first-order chi connectivity index (χ1) is 14.1. The highest BCUT2D eigenvalue weighted by Gasteiger charge is 2.13. The van der Waals surface area contributed by atoms with E-state index in [0.717, 1.165) is 37.7 Å². The molecular weight excluding hydrogens is 362 g/mol. The van der Waals surface area contributed by atoms with E-state index >= 15 is 0 Å². The Morgan fingerprint density at radius 3 is 1.97 bits per heavy atom. The van der Waals surface area contributed by atoms with Gasteiger partial charge in [0.05, 0.1) is 5.56 Å². The standard InChI is InChI=1S/C27H26F2/c1-3-5-7-21-8-10-22(11-9-21)14-17-24-18-19-25(27(29)26(24)28)23-15-12-20(6-4-2)13-16-23/h8-13,15-16,18-19H,3-7H2,1-2H3. The maximum absolute atomic E-state index is 14.7. The molecule has 29 heavy (non-hydrogen) atoms. The van der Waals surface area contributed by atoms with Gasteiger partial charge in [0.15, 0.2) is 11.6 Å². The lowest BCUT2D eigenvalue weighted by molar-refractivity contribution is 0.509. The van der Waals surface area contributed by atoms with Crippen LogP contribution in [-0.2, 0) is 12.8 Å². The number of hydrogen-bond donors (Lipinski definition) is 0. The highest BCUT2D eigenvalue weighted by molar-refractivity contribution is 5.66. The summed E-state index contributed by atoms with van der Waals surface area (Å²) in [4.78, 5) is 0. The van der Waals surface area contributed by atoms with Crippen LogP contribution in [0.4, 0.5) is 8.78 Å². The molecule has 0 N–H and O–H groups in total. The van der Waals surface area contributed by atoms with E-state index in [1.54, 1.807) is 12.1 Å². The SMILES string of the molecule is CCCCc1ccc(C#Cc2ccc(-c3ccc(CCC)cc3)c(F)c2F)cc1. The molecule has 0 fully saturated rings. The summed E-state index contributed by atoms with van der Waals surface area (Å²) in [5.74, 6) is 3.96. The fraction of sp³-hybridized carbons (Fsp3) is 0.259. The van der Waals surface area contributed by atoms with E-state index in [-0.39, 0.29) is 11.1 Å². The van der Waals surface area contributed by atoms with E-state index in [9.17, 15) is 8.78 Å². The second kappa shape index (κ2) is 10.0. The summed E-state index contributed by atoms with van der Waals surface area (Å²) in [6.07, 6.45) is 5.39. The quantitative estimate of drug-likeness (QED) is 0.388. The van der Waals surface area contributed by atoms with Gasteiger partial charge >= 0.3 is 0 Å². The molecule has 0 aliphatic heterocycles. The molecule has 0 amide bonds. The van der Waals surface area contributed by atoms with Crippen LogP contribution < -0.4 is 0 Å². The Balaban J connectivity index is 1.80. The highest BCUT2D eigenvalue weighted by atomic mass is 19.2. The summed E-state index contributed by atoms with van der Waals surface area (Å²) in [5.41, 5.74) is 4.26. The Kier molecular flexibility index (Phi) is 7.19. The van der Waals surface area contributed by atoms with Crippen LogP contribution in [0.3, 0.4) is 0 Å². The van der Waals surface area contributed by atoms with Gasteiger partial charge < -0.3 is 0 Å². The minimum Gasteiger partial charge on any atom is -0.203 e. The van der Waals surface area contributed by atoms with Gasteiger partial charge in [0.1, 0.15) is 0 Å². The van der Waals surface area contributed by atoms with Gasteiger partial charge in [-0.3, -0.25) is 0 Å². The Bertz CT molecular complexity index is 1000. The van der Waals surface area contributed by atoms with Crippen molar-refractivity contribution in [1.82, 2.24) is 0 Å². The van der Waals surface area contributed by atoms with E-state index in [2.05, 4.69) is 25.7 Å². The predicted octanol–water partition coefficient (Wildman–Crippen LogP) is 7.33. The maximum atomic E-state index is 14.7. The summed E-state index contributed by atoms with van der Waals surface area (Å²) in [6.45, 7) is 4.28. The van der Waals surface area contributed by atoms with Crippen LogP contribution in [0, 0.1) is 23.5 Å². The minimum atomic E-state index is -0.896. The van der Waals surface area contributed by atoms with Crippen molar-refractivity contribution in [2.75, 3.05) is 0 Å². The van der Waals surface area contributed by atoms with Crippen molar-refractivity contribution in [3.8, 4) is 23.0 Å². The van der Waals surface area contributed by atoms with Crippen LogP contribution in [0.5, 0.6) is 0 Å². The highest BCUT2D eigenvalue weighted by Crippen LogP contribution is 2.26. The first-order valence-electron chi connectivity index (χ1n) is 10.3. The number of benzene rings is 3. The van der Waals surface area contributed by atoms with Crippen molar-refractivity contribution >= 4 is 0 Å². The van der Waals surface area contributed by atoms with Gasteiger partial charge in [0, 0.05) is 11.1 Å². The normalized spacial score (nSPS) is 10.5. The molecule has 0 saturated carbocycles. The second-order valence-electron chi connectivity index (χ2n) is 7.29. The van der Waals surface area contributed by atoms with Gasteiger partial charge in [-0.05, 0) is 60.2 Å². The van der Waals surface area contributed by atoms with Crippen LogP contribution in [0.25, 0.3) is 11.1 Å². The van der Waals surface area contributed by atoms with Crippen molar-refractivity contribution in [2.45, 2.75) is 46.0 Å². The summed E-state index contributed by atoms with van der Waals surface area (Å²) >= 11 is 0. The molecule has 148 valence electrons. The van der Waals surface area contributed by atoms with E-state index in [0.29, 0.717) is 5.56 Å². The zero-order valence-electron chi connectivity index (χ0n) is 17.1. The van der Waals surface area contributed by atoms with E-state index in [4.69, 9.17) is 0 Å². The molecule has 0 bridgehead atoms. The fourth-order valence-electron chi connectivity index (χ4n) is 3.28. The molecule has 2 heteroatoms. The van der Waals surface area contributed by atoms with Crippen LogP contribution in [0.15, 0.2) is 60.7 Å². The van der Waals surface area contributed by atoms with E-state index < -0.39 is 11.6 Å². The zero-order chi connectivity index (χ0) is 20.6. The number of halogens is 2. The topological polar surface area (TPSA) is 0 Å². The minimum absolute atomic E-state index is 0.0731. The van der Waals surface area contributed by atoms with Crippen molar-refractivity contribution in [2.24, 2.45) is 0 Å². The first kappa shape index (κ1) is 20.8.